The molecule has 0 aromatic rings. The Labute approximate surface area is 82.9 Å². The molecule has 0 saturated carbocycles. The van der Waals surface area contributed by atoms with Crippen LogP contribution >= 0.6 is 12.4 Å². The molecule has 0 aromatic heterocycles. The van der Waals surface area contributed by atoms with Crippen LogP contribution in [0, 0.1) is 5.92 Å². The molecule has 2 aliphatic rings. The van der Waals surface area contributed by atoms with Gasteiger partial charge in [0, 0.05) is 18.2 Å². The molecule has 0 aromatic carbocycles. The monoisotopic (exact) mass is 201 g/mol. The number of allylic oxidation sites excluding steroid dienone is 2. The van der Waals surface area contributed by atoms with E-state index >= 15 is 0 Å². The van der Waals surface area contributed by atoms with E-state index in [0.717, 1.165) is 25.1 Å². The van der Waals surface area contributed by atoms with Crippen LogP contribution in [0.25, 0.3) is 0 Å². The van der Waals surface area contributed by atoms with Crippen molar-refractivity contribution in [2.24, 2.45) is 5.92 Å². The molecule has 1 fully saturated rings. The second-order valence-electron chi connectivity index (χ2n) is 3.21. The van der Waals surface area contributed by atoms with Crippen LogP contribution in [0.1, 0.15) is 12.8 Å². The molecule has 1 saturated heterocycles. The van der Waals surface area contributed by atoms with Crippen molar-refractivity contribution < 1.29 is 9.90 Å². The average molecular weight is 202 g/mol. The van der Waals surface area contributed by atoms with Gasteiger partial charge in [0.05, 0.1) is 5.57 Å². The van der Waals surface area contributed by atoms with Gasteiger partial charge in [-0.2, -0.15) is 0 Å². The second-order valence-corrected chi connectivity index (χ2v) is 3.21. The highest BCUT2D eigenvalue weighted by Crippen LogP contribution is 2.28. The molecular weight excluding hydrogens is 190 g/mol. The lowest BCUT2D eigenvalue weighted by molar-refractivity contribution is -0.132. The summed E-state index contributed by atoms with van der Waals surface area (Å²) in [6.45, 7) is 0.983. The minimum Gasteiger partial charge on any atom is -0.478 e. The Hall–Kier alpha value is -0.960. The lowest BCUT2D eigenvalue weighted by Crippen LogP contribution is -2.12. The van der Waals surface area contributed by atoms with Gasteiger partial charge in [-0.1, -0.05) is 6.08 Å². The highest BCUT2D eigenvalue weighted by Gasteiger charge is 2.24. The van der Waals surface area contributed by atoms with Gasteiger partial charge < -0.3 is 10.4 Å². The Morgan fingerprint density at radius 2 is 2.38 bits per heavy atom. The molecule has 0 spiro atoms. The minimum absolute atomic E-state index is 0. The summed E-state index contributed by atoms with van der Waals surface area (Å²) < 4.78 is 0. The van der Waals surface area contributed by atoms with Gasteiger partial charge >= 0.3 is 5.97 Å². The lowest BCUT2D eigenvalue weighted by Gasteiger charge is -2.14. The van der Waals surface area contributed by atoms with Crippen molar-refractivity contribution in [1.29, 1.82) is 0 Å². The van der Waals surface area contributed by atoms with Crippen LogP contribution in [0.2, 0.25) is 0 Å². The fourth-order valence-electron chi connectivity index (χ4n) is 1.75. The number of carbonyl (C=O) groups is 1. The summed E-state index contributed by atoms with van der Waals surface area (Å²) in [6.07, 6.45) is 5.57. The predicted molar refractivity (Wildman–Crippen MR) is 51.8 cm³/mol. The van der Waals surface area contributed by atoms with Crippen molar-refractivity contribution in [2.75, 3.05) is 6.54 Å². The van der Waals surface area contributed by atoms with Crippen LogP contribution in [0.15, 0.2) is 23.4 Å². The fraction of sp³-hybridized carbons (Fsp3) is 0.444. The van der Waals surface area contributed by atoms with Crippen LogP contribution in [0.5, 0.6) is 0 Å². The Bertz CT molecular complexity index is 283. The van der Waals surface area contributed by atoms with Gasteiger partial charge in [-0.15, -0.1) is 12.4 Å². The Balaban J connectivity index is 0.000000845. The maximum absolute atomic E-state index is 10.6. The van der Waals surface area contributed by atoms with E-state index in [9.17, 15) is 4.79 Å². The van der Waals surface area contributed by atoms with E-state index in [0.29, 0.717) is 11.5 Å². The third-order valence-corrected chi connectivity index (χ3v) is 2.44. The summed E-state index contributed by atoms with van der Waals surface area (Å²) in [6, 6.07) is 0. The molecule has 13 heavy (non-hydrogen) atoms. The molecule has 0 radical (unpaired) electrons. The first-order valence-electron chi connectivity index (χ1n) is 4.16. The standard InChI is InChI=1S/C9H11NO2.ClH/c11-9(12)7-2-1-6-3-4-10-8(6)5-7;/h2,5-6,10H,1,3-4H2,(H,11,12);1H. The van der Waals surface area contributed by atoms with Crippen LogP contribution in [0.3, 0.4) is 0 Å². The first kappa shape index (κ1) is 10.1. The van der Waals surface area contributed by atoms with Crippen molar-refractivity contribution in [3.05, 3.63) is 23.4 Å². The van der Waals surface area contributed by atoms with E-state index in [1.165, 1.54) is 0 Å². The largest absolute Gasteiger partial charge is 0.478 e. The number of nitrogens with one attached hydrogen (secondary N) is 1. The highest BCUT2D eigenvalue weighted by molar-refractivity contribution is 5.90. The zero-order valence-corrected chi connectivity index (χ0v) is 7.93. The molecule has 0 amide bonds. The Kier molecular flexibility index (Phi) is 2.98. The van der Waals surface area contributed by atoms with E-state index in [-0.39, 0.29) is 12.4 Å². The van der Waals surface area contributed by atoms with Crippen molar-refractivity contribution >= 4 is 18.4 Å². The molecule has 2 N–H and O–H groups in total. The summed E-state index contributed by atoms with van der Waals surface area (Å²) >= 11 is 0. The van der Waals surface area contributed by atoms with E-state index in [1.807, 2.05) is 6.08 Å². The summed E-state index contributed by atoms with van der Waals surface area (Å²) in [7, 11) is 0. The summed E-state index contributed by atoms with van der Waals surface area (Å²) in [4.78, 5) is 10.6. The van der Waals surface area contributed by atoms with Crippen molar-refractivity contribution in [3.63, 3.8) is 0 Å². The van der Waals surface area contributed by atoms with Gasteiger partial charge in [0.1, 0.15) is 0 Å². The molecule has 0 bridgehead atoms. The molecule has 1 aliphatic heterocycles. The molecule has 1 atom stereocenters. The minimum atomic E-state index is -0.824. The zero-order chi connectivity index (χ0) is 8.55. The van der Waals surface area contributed by atoms with Crippen molar-refractivity contribution in [3.8, 4) is 0 Å². The SMILES string of the molecule is Cl.O=C(O)C1=CCC2CCNC2=C1. The first-order valence-corrected chi connectivity index (χ1v) is 4.16. The third-order valence-electron chi connectivity index (χ3n) is 2.44. The molecular formula is C9H12ClNO2. The van der Waals surface area contributed by atoms with Crippen LogP contribution in [-0.2, 0) is 4.79 Å². The molecule has 3 nitrogen and oxygen atoms in total. The number of halogens is 1. The Morgan fingerprint density at radius 1 is 1.62 bits per heavy atom. The lowest BCUT2D eigenvalue weighted by atomic mass is 9.93. The van der Waals surface area contributed by atoms with Crippen LogP contribution in [0.4, 0.5) is 0 Å². The molecule has 1 aliphatic carbocycles. The maximum Gasteiger partial charge on any atom is 0.335 e. The first-order chi connectivity index (χ1) is 5.77. The van der Waals surface area contributed by atoms with Crippen molar-refractivity contribution in [2.45, 2.75) is 12.8 Å². The topological polar surface area (TPSA) is 49.3 Å². The normalized spacial score (nSPS) is 24.8. The van der Waals surface area contributed by atoms with E-state index in [4.69, 9.17) is 5.11 Å². The molecule has 4 heteroatoms. The molecule has 1 heterocycles. The van der Waals surface area contributed by atoms with Crippen LogP contribution in [-0.4, -0.2) is 17.6 Å². The predicted octanol–water partition coefficient (Wildman–Crippen LogP) is 1.32. The number of carboxylic acids is 1. The van der Waals surface area contributed by atoms with Crippen molar-refractivity contribution in [1.82, 2.24) is 5.32 Å². The second kappa shape index (κ2) is 3.83. The summed E-state index contributed by atoms with van der Waals surface area (Å²) in [5.41, 5.74) is 1.53. The van der Waals surface area contributed by atoms with E-state index in [1.54, 1.807) is 6.08 Å². The van der Waals surface area contributed by atoms with Gasteiger partial charge in [-0.05, 0) is 18.9 Å². The van der Waals surface area contributed by atoms with Gasteiger partial charge in [0.25, 0.3) is 0 Å². The van der Waals surface area contributed by atoms with Gasteiger partial charge in [-0.25, -0.2) is 4.79 Å². The number of fused-ring (bicyclic) bond motifs is 1. The number of hydrogen-bond acceptors (Lipinski definition) is 2. The maximum atomic E-state index is 10.6. The van der Waals surface area contributed by atoms with E-state index < -0.39 is 5.97 Å². The third kappa shape index (κ3) is 1.86. The van der Waals surface area contributed by atoms with Gasteiger partial charge in [0.2, 0.25) is 0 Å². The number of aliphatic carboxylic acids is 1. The van der Waals surface area contributed by atoms with Gasteiger partial charge in [0.15, 0.2) is 0 Å². The smallest absolute Gasteiger partial charge is 0.335 e. The number of hydrogen-bond donors (Lipinski definition) is 2. The summed E-state index contributed by atoms with van der Waals surface area (Å²) in [5.74, 6) is -0.275. The molecule has 1 unspecified atom stereocenters. The highest BCUT2D eigenvalue weighted by atomic mass is 35.5. The number of carboxylic acid groups (broad SMARTS) is 1. The average Bonchev–Trinajstić information content (AvgIpc) is 2.49. The van der Waals surface area contributed by atoms with Crippen LogP contribution < -0.4 is 5.32 Å². The molecule has 2 rings (SSSR count). The zero-order valence-electron chi connectivity index (χ0n) is 7.12. The summed E-state index contributed by atoms with van der Waals surface area (Å²) in [5, 5.41) is 11.9. The number of rotatable bonds is 1. The van der Waals surface area contributed by atoms with E-state index in [2.05, 4.69) is 5.32 Å². The molecule has 72 valence electrons. The van der Waals surface area contributed by atoms with Gasteiger partial charge in [-0.3, -0.25) is 0 Å². The Morgan fingerprint density at radius 3 is 3.08 bits per heavy atom. The quantitative estimate of drug-likeness (QED) is 0.673. The fourth-order valence-corrected chi connectivity index (χ4v) is 1.75.